The molecule has 0 radical (unpaired) electrons. The van der Waals surface area contributed by atoms with Gasteiger partial charge in [0.15, 0.2) is 0 Å². The first kappa shape index (κ1) is 13.2. The van der Waals surface area contributed by atoms with E-state index in [0.717, 1.165) is 5.56 Å². The van der Waals surface area contributed by atoms with Gasteiger partial charge in [-0.2, -0.15) is 0 Å². The van der Waals surface area contributed by atoms with E-state index in [4.69, 9.17) is 11.5 Å². The summed E-state index contributed by atoms with van der Waals surface area (Å²) >= 11 is 0. The SMILES string of the molecule is Cc1ccc(C(C)(C)C)cc1C(C)(N)CN. The van der Waals surface area contributed by atoms with E-state index in [0.29, 0.717) is 6.54 Å². The molecule has 2 nitrogen and oxygen atoms in total. The van der Waals surface area contributed by atoms with Crippen LogP contribution < -0.4 is 11.5 Å². The molecular formula is C14H24N2. The highest BCUT2D eigenvalue weighted by Crippen LogP contribution is 2.28. The second kappa shape index (κ2) is 4.19. The van der Waals surface area contributed by atoms with Crippen LogP contribution in [0.3, 0.4) is 0 Å². The molecular weight excluding hydrogens is 196 g/mol. The van der Waals surface area contributed by atoms with Crippen molar-refractivity contribution in [3.8, 4) is 0 Å². The van der Waals surface area contributed by atoms with Gasteiger partial charge in [0.05, 0.1) is 5.54 Å². The summed E-state index contributed by atoms with van der Waals surface area (Å²) in [6.45, 7) is 11.2. The van der Waals surface area contributed by atoms with Crippen LogP contribution in [0.4, 0.5) is 0 Å². The van der Waals surface area contributed by atoms with Crippen LogP contribution in [-0.2, 0) is 11.0 Å². The van der Waals surface area contributed by atoms with Crippen molar-refractivity contribution in [2.75, 3.05) is 6.54 Å². The summed E-state index contributed by atoms with van der Waals surface area (Å²) in [5.74, 6) is 0. The summed E-state index contributed by atoms with van der Waals surface area (Å²) in [7, 11) is 0. The highest BCUT2D eigenvalue weighted by atomic mass is 14.8. The zero-order valence-corrected chi connectivity index (χ0v) is 11.1. The average molecular weight is 220 g/mol. The highest BCUT2D eigenvalue weighted by molar-refractivity contribution is 5.38. The van der Waals surface area contributed by atoms with Crippen LogP contribution >= 0.6 is 0 Å². The third kappa shape index (κ3) is 2.63. The number of aryl methyl sites for hydroxylation is 1. The quantitative estimate of drug-likeness (QED) is 0.804. The molecule has 0 saturated heterocycles. The molecule has 0 heterocycles. The Morgan fingerprint density at radius 3 is 2.12 bits per heavy atom. The zero-order valence-electron chi connectivity index (χ0n) is 11.1. The summed E-state index contributed by atoms with van der Waals surface area (Å²) in [5.41, 5.74) is 15.3. The van der Waals surface area contributed by atoms with Gasteiger partial charge >= 0.3 is 0 Å². The van der Waals surface area contributed by atoms with E-state index in [1.54, 1.807) is 0 Å². The maximum Gasteiger partial charge on any atom is 0.0507 e. The molecule has 1 unspecified atom stereocenters. The summed E-state index contributed by atoms with van der Waals surface area (Å²) in [6, 6.07) is 6.50. The van der Waals surface area contributed by atoms with Crippen LogP contribution in [0.2, 0.25) is 0 Å². The number of benzene rings is 1. The minimum Gasteiger partial charge on any atom is -0.328 e. The van der Waals surface area contributed by atoms with E-state index < -0.39 is 5.54 Å². The van der Waals surface area contributed by atoms with Crippen molar-refractivity contribution in [1.82, 2.24) is 0 Å². The van der Waals surface area contributed by atoms with Crippen LogP contribution in [0.25, 0.3) is 0 Å². The maximum absolute atomic E-state index is 6.23. The third-order valence-corrected chi connectivity index (χ3v) is 3.14. The standard InChI is InChI=1S/C14H24N2/c1-10-6-7-11(13(2,3)4)8-12(10)14(5,16)9-15/h6-8H,9,15-16H2,1-5H3. The Morgan fingerprint density at radius 1 is 1.12 bits per heavy atom. The molecule has 1 rings (SSSR count). The largest absolute Gasteiger partial charge is 0.328 e. The lowest BCUT2D eigenvalue weighted by atomic mass is 9.81. The van der Waals surface area contributed by atoms with Crippen molar-refractivity contribution in [1.29, 1.82) is 0 Å². The molecule has 0 bridgehead atoms. The van der Waals surface area contributed by atoms with Gasteiger partial charge in [0.1, 0.15) is 0 Å². The molecule has 1 atom stereocenters. The minimum atomic E-state index is -0.439. The Morgan fingerprint density at radius 2 is 1.69 bits per heavy atom. The van der Waals surface area contributed by atoms with Gasteiger partial charge in [-0.1, -0.05) is 39.0 Å². The van der Waals surface area contributed by atoms with Crippen LogP contribution in [0.1, 0.15) is 44.4 Å². The first-order valence-electron chi connectivity index (χ1n) is 5.79. The van der Waals surface area contributed by atoms with E-state index in [1.165, 1.54) is 11.1 Å². The summed E-state index contributed by atoms with van der Waals surface area (Å²) in [6.07, 6.45) is 0. The normalized spacial score (nSPS) is 15.9. The Bertz CT molecular complexity index is 373. The predicted octanol–water partition coefficient (Wildman–Crippen LogP) is 2.43. The molecule has 1 aromatic carbocycles. The molecule has 0 fully saturated rings. The lowest BCUT2D eigenvalue weighted by molar-refractivity contribution is 0.501. The summed E-state index contributed by atoms with van der Waals surface area (Å²) in [4.78, 5) is 0. The molecule has 0 saturated carbocycles. The molecule has 0 aromatic heterocycles. The summed E-state index contributed by atoms with van der Waals surface area (Å²) < 4.78 is 0. The van der Waals surface area contributed by atoms with E-state index in [2.05, 4.69) is 45.9 Å². The summed E-state index contributed by atoms with van der Waals surface area (Å²) in [5, 5.41) is 0. The molecule has 0 spiro atoms. The number of hydrogen-bond donors (Lipinski definition) is 2. The molecule has 2 heteroatoms. The first-order chi connectivity index (χ1) is 7.18. The molecule has 90 valence electrons. The fourth-order valence-corrected chi connectivity index (χ4v) is 1.81. The van der Waals surface area contributed by atoms with Gasteiger partial charge in [0, 0.05) is 6.54 Å². The van der Waals surface area contributed by atoms with E-state index in [1.807, 2.05) is 6.92 Å². The van der Waals surface area contributed by atoms with Crippen molar-refractivity contribution in [3.05, 3.63) is 34.9 Å². The molecule has 4 N–H and O–H groups in total. The van der Waals surface area contributed by atoms with Crippen molar-refractivity contribution in [2.24, 2.45) is 11.5 Å². The van der Waals surface area contributed by atoms with E-state index in [-0.39, 0.29) is 5.41 Å². The Labute approximate surface area is 99.0 Å². The minimum absolute atomic E-state index is 0.146. The second-order valence-electron chi connectivity index (χ2n) is 5.90. The van der Waals surface area contributed by atoms with Gasteiger partial charge in [-0.25, -0.2) is 0 Å². The third-order valence-electron chi connectivity index (χ3n) is 3.14. The Hall–Kier alpha value is -0.860. The van der Waals surface area contributed by atoms with Crippen molar-refractivity contribution < 1.29 is 0 Å². The molecule has 0 aliphatic heterocycles. The molecule has 0 aliphatic carbocycles. The average Bonchev–Trinajstić information content (AvgIpc) is 2.16. The van der Waals surface area contributed by atoms with E-state index in [9.17, 15) is 0 Å². The van der Waals surface area contributed by atoms with E-state index >= 15 is 0 Å². The van der Waals surface area contributed by atoms with Gasteiger partial charge in [0.2, 0.25) is 0 Å². The van der Waals surface area contributed by atoms with Crippen LogP contribution in [0.15, 0.2) is 18.2 Å². The van der Waals surface area contributed by atoms with Crippen molar-refractivity contribution in [3.63, 3.8) is 0 Å². The molecule has 16 heavy (non-hydrogen) atoms. The topological polar surface area (TPSA) is 52.0 Å². The van der Waals surface area contributed by atoms with Crippen molar-refractivity contribution >= 4 is 0 Å². The van der Waals surface area contributed by atoms with Crippen LogP contribution in [-0.4, -0.2) is 6.54 Å². The smallest absolute Gasteiger partial charge is 0.0507 e. The van der Waals surface area contributed by atoms with Gasteiger partial charge < -0.3 is 11.5 Å². The number of nitrogens with two attached hydrogens (primary N) is 2. The fourth-order valence-electron chi connectivity index (χ4n) is 1.81. The van der Waals surface area contributed by atoms with Gasteiger partial charge in [-0.05, 0) is 36.0 Å². The highest BCUT2D eigenvalue weighted by Gasteiger charge is 2.23. The monoisotopic (exact) mass is 220 g/mol. The van der Waals surface area contributed by atoms with Gasteiger partial charge in [-0.3, -0.25) is 0 Å². The molecule has 0 aliphatic rings. The van der Waals surface area contributed by atoms with Gasteiger partial charge in [0.25, 0.3) is 0 Å². The Balaban J connectivity index is 3.30. The Kier molecular flexibility index (Phi) is 3.46. The lowest BCUT2D eigenvalue weighted by Gasteiger charge is -2.28. The van der Waals surface area contributed by atoms with Crippen LogP contribution in [0.5, 0.6) is 0 Å². The first-order valence-corrected chi connectivity index (χ1v) is 5.79. The van der Waals surface area contributed by atoms with Gasteiger partial charge in [-0.15, -0.1) is 0 Å². The predicted molar refractivity (Wildman–Crippen MR) is 70.5 cm³/mol. The maximum atomic E-state index is 6.23. The van der Waals surface area contributed by atoms with Crippen molar-refractivity contribution in [2.45, 2.75) is 45.6 Å². The zero-order chi connectivity index (χ0) is 12.6. The van der Waals surface area contributed by atoms with Crippen LogP contribution in [0, 0.1) is 6.92 Å². The fraction of sp³-hybridized carbons (Fsp3) is 0.571. The molecule has 1 aromatic rings. The molecule has 0 amide bonds. The second-order valence-corrected chi connectivity index (χ2v) is 5.90. The number of rotatable bonds is 2. The lowest BCUT2D eigenvalue weighted by Crippen LogP contribution is -2.41. The number of hydrogen-bond acceptors (Lipinski definition) is 2.